The molecule has 25 heavy (non-hydrogen) atoms. The van der Waals surface area contributed by atoms with Gasteiger partial charge in [-0.05, 0) is 56.8 Å². The maximum absolute atomic E-state index is 9.12. The van der Waals surface area contributed by atoms with Crippen LogP contribution in [0.4, 0.5) is 0 Å². The highest BCUT2D eigenvalue weighted by molar-refractivity contribution is 5.85. The molecule has 0 spiro atoms. The fourth-order valence-electron chi connectivity index (χ4n) is 3.05. The van der Waals surface area contributed by atoms with Crippen LogP contribution >= 0.6 is 0 Å². The molecule has 0 amide bonds. The maximum atomic E-state index is 9.12. The molecule has 0 aliphatic carbocycles. The minimum absolute atomic E-state index is 0.222. The van der Waals surface area contributed by atoms with Crippen molar-refractivity contribution in [3.05, 3.63) is 60.3 Å². The van der Waals surface area contributed by atoms with E-state index in [4.69, 9.17) is 9.84 Å². The normalized spacial score (nSPS) is 11.4. The second kappa shape index (κ2) is 8.19. The Morgan fingerprint density at radius 3 is 2.68 bits per heavy atom. The van der Waals surface area contributed by atoms with Gasteiger partial charge in [-0.1, -0.05) is 24.3 Å². The summed E-state index contributed by atoms with van der Waals surface area (Å²) in [6, 6.07) is 16.7. The predicted octanol–water partition coefficient (Wildman–Crippen LogP) is 3.50. The summed E-state index contributed by atoms with van der Waals surface area (Å²) in [5, 5.41) is 10.4. The van der Waals surface area contributed by atoms with E-state index in [2.05, 4.69) is 46.0 Å². The van der Waals surface area contributed by atoms with Crippen molar-refractivity contribution in [3.8, 4) is 11.4 Å². The number of fused-ring (bicyclic) bond motifs is 1. The summed E-state index contributed by atoms with van der Waals surface area (Å²) in [6.07, 6.45) is 3.77. The molecule has 0 aliphatic rings. The van der Waals surface area contributed by atoms with E-state index in [0.29, 0.717) is 6.61 Å². The quantitative estimate of drug-likeness (QED) is 0.683. The number of hydrogen-bond acceptors (Lipinski definition) is 3. The Kier molecular flexibility index (Phi) is 5.74. The monoisotopic (exact) mass is 338 g/mol. The lowest BCUT2D eigenvalue weighted by Crippen LogP contribution is -2.19. The minimum Gasteiger partial charge on any atom is -0.490 e. The lowest BCUT2D eigenvalue weighted by atomic mass is 10.1. The Bertz CT molecular complexity index is 824. The first-order valence-corrected chi connectivity index (χ1v) is 8.77. The fourth-order valence-corrected chi connectivity index (χ4v) is 3.05. The van der Waals surface area contributed by atoms with Crippen molar-refractivity contribution >= 4 is 10.9 Å². The lowest BCUT2D eigenvalue weighted by molar-refractivity contribution is 0.261. The largest absolute Gasteiger partial charge is 0.490 e. The van der Waals surface area contributed by atoms with Gasteiger partial charge in [0.25, 0.3) is 0 Å². The van der Waals surface area contributed by atoms with Crippen LogP contribution in [0.15, 0.2) is 54.7 Å². The zero-order valence-electron chi connectivity index (χ0n) is 15.0. The third kappa shape index (κ3) is 4.03. The van der Waals surface area contributed by atoms with E-state index in [1.54, 1.807) is 0 Å². The molecule has 4 nitrogen and oxygen atoms in total. The molecule has 0 saturated heterocycles. The van der Waals surface area contributed by atoms with Crippen molar-refractivity contribution in [2.45, 2.75) is 12.8 Å². The molecule has 0 atom stereocenters. The van der Waals surface area contributed by atoms with Gasteiger partial charge < -0.3 is 19.3 Å². The molecule has 3 rings (SSSR count). The van der Waals surface area contributed by atoms with E-state index in [1.807, 2.05) is 32.3 Å². The Balaban J connectivity index is 1.94. The molecule has 0 unspecified atom stereocenters. The van der Waals surface area contributed by atoms with Crippen LogP contribution in [0.1, 0.15) is 12.0 Å². The van der Waals surface area contributed by atoms with Crippen molar-refractivity contribution in [3.63, 3.8) is 0 Å². The molecule has 0 aliphatic heterocycles. The number of aryl methyl sites for hydroxylation is 1. The Hall–Kier alpha value is -2.30. The van der Waals surface area contributed by atoms with E-state index in [-0.39, 0.29) is 6.61 Å². The average Bonchev–Trinajstić information content (AvgIpc) is 3.04. The average molecular weight is 338 g/mol. The van der Waals surface area contributed by atoms with E-state index in [0.717, 1.165) is 30.8 Å². The number of likely N-dealkylation sites (N-methyl/N-ethyl adjacent to an activating group) is 1. The fraction of sp³-hybridized carbons (Fsp3) is 0.333. The zero-order valence-corrected chi connectivity index (χ0v) is 15.0. The molecular formula is C21H26N2O2. The Morgan fingerprint density at radius 2 is 1.88 bits per heavy atom. The van der Waals surface area contributed by atoms with Crippen molar-refractivity contribution in [2.75, 3.05) is 33.9 Å². The number of aliphatic hydroxyl groups excluding tert-OH is 1. The van der Waals surface area contributed by atoms with Gasteiger partial charge in [0.1, 0.15) is 12.4 Å². The van der Waals surface area contributed by atoms with E-state index < -0.39 is 0 Å². The second-order valence-corrected chi connectivity index (χ2v) is 6.48. The van der Waals surface area contributed by atoms with E-state index in [9.17, 15) is 0 Å². The molecule has 0 bridgehead atoms. The molecule has 1 aromatic heterocycles. The summed E-state index contributed by atoms with van der Waals surface area (Å²) in [7, 11) is 4.09. The summed E-state index contributed by atoms with van der Waals surface area (Å²) >= 11 is 0. The number of rotatable bonds is 8. The van der Waals surface area contributed by atoms with Gasteiger partial charge in [0.05, 0.1) is 11.2 Å². The number of aliphatic hydroxyl groups is 1. The van der Waals surface area contributed by atoms with Crippen LogP contribution in [-0.2, 0) is 6.42 Å². The van der Waals surface area contributed by atoms with Gasteiger partial charge in [-0.3, -0.25) is 0 Å². The summed E-state index contributed by atoms with van der Waals surface area (Å²) in [5.41, 5.74) is 3.49. The van der Waals surface area contributed by atoms with Crippen LogP contribution in [0.3, 0.4) is 0 Å². The highest BCUT2D eigenvalue weighted by Crippen LogP contribution is 2.29. The first kappa shape index (κ1) is 17.5. The summed E-state index contributed by atoms with van der Waals surface area (Å²) < 4.78 is 8.20. The van der Waals surface area contributed by atoms with Gasteiger partial charge >= 0.3 is 0 Å². The summed E-state index contributed by atoms with van der Waals surface area (Å²) in [6.45, 7) is 1.76. The van der Waals surface area contributed by atoms with Crippen LogP contribution in [0.25, 0.3) is 16.6 Å². The highest BCUT2D eigenvalue weighted by Gasteiger charge is 2.10. The first-order valence-electron chi connectivity index (χ1n) is 8.77. The Labute approximate surface area is 149 Å². The molecule has 1 N–H and O–H groups in total. The van der Waals surface area contributed by atoms with Crippen LogP contribution in [0.5, 0.6) is 5.75 Å². The summed E-state index contributed by atoms with van der Waals surface area (Å²) in [4.78, 5) is 2.11. The molecule has 4 heteroatoms. The molecule has 0 saturated carbocycles. The molecule has 1 heterocycles. The van der Waals surface area contributed by atoms with E-state index >= 15 is 0 Å². The van der Waals surface area contributed by atoms with Gasteiger partial charge in [0.15, 0.2) is 0 Å². The predicted molar refractivity (Wildman–Crippen MR) is 103 cm³/mol. The van der Waals surface area contributed by atoms with Gasteiger partial charge in [-0.25, -0.2) is 0 Å². The van der Waals surface area contributed by atoms with Crippen LogP contribution in [0.2, 0.25) is 0 Å². The number of hydrogen-bond donors (Lipinski definition) is 1. The van der Waals surface area contributed by atoms with Crippen molar-refractivity contribution < 1.29 is 9.84 Å². The third-order valence-corrected chi connectivity index (χ3v) is 4.35. The van der Waals surface area contributed by atoms with Crippen molar-refractivity contribution in [1.82, 2.24) is 9.47 Å². The number of nitrogens with zero attached hydrogens (tertiary/aromatic N) is 2. The van der Waals surface area contributed by atoms with Crippen LogP contribution in [0, 0.1) is 0 Å². The molecule has 0 fully saturated rings. The maximum Gasteiger partial charge on any atom is 0.143 e. The molecule has 0 radical (unpaired) electrons. The van der Waals surface area contributed by atoms with Gasteiger partial charge in [0.2, 0.25) is 0 Å². The van der Waals surface area contributed by atoms with Gasteiger partial charge in [-0.2, -0.15) is 0 Å². The number of para-hydroxylation sites is 2. The number of benzene rings is 2. The van der Waals surface area contributed by atoms with E-state index in [1.165, 1.54) is 16.5 Å². The van der Waals surface area contributed by atoms with Crippen molar-refractivity contribution in [1.29, 1.82) is 0 Å². The molecule has 3 aromatic rings. The molecule has 2 aromatic carbocycles. The third-order valence-electron chi connectivity index (χ3n) is 4.35. The van der Waals surface area contributed by atoms with Crippen LogP contribution in [-0.4, -0.2) is 48.4 Å². The Morgan fingerprint density at radius 1 is 1.04 bits per heavy atom. The van der Waals surface area contributed by atoms with Gasteiger partial charge in [-0.15, -0.1) is 0 Å². The number of aromatic nitrogens is 1. The molecule has 132 valence electrons. The zero-order chi connectivity index (χ0) is 17.6. The van der Waals surface area contributed by atoms with Crippen LogP contribution < -0.4 is 4.74 Å². The van der Waals surface area contributed by atoms with Crippen molar-refractivity contribution in [2.24, 2.45) is 0 Å². The topological polar surface area (TPSA) is 37.6 Å². The number of ether oxygens (including phenoxy) is 1. The summed E-state index contributed by atoms with van der Waals surface area (Å²) in [5.74, 6) is 0.891. The smallest absolute Gasteiger partial charge is 0.143 e. The standard InChI is InChI=1S/C21H26N2O2/c1-22(2)14-16-25-21-11-4-3-9-20(21)23-13-12-18-17(8-6-15-24)7-5-10-19(18)23/h3-5,7,9-13,24H,6,8,14-16H2,1-2H3. The lowest BCUT2D eigenvalue weighted by Gasteiger charge is -2.15. The first-order chi connectivity index (χ1) is 12.2. The SMILES string of the molecule is CN(C)CCOc1ccccc1-n1ccc2c(CCCO)cccc21. The second-order valence-electron chi connectivity index (χ2n) is 6.48. The highest BCUT2D eigenvalue weighted by atomic mass is 16.5. The molecular weight excluding hydrogens is 312 g/mol. The van der Waals surface area contributed by atoms with Gasteiger partial charge in [0, 0.05) is 24.7 Å². The minimum atomic E-state index is 0.222.